The van der Waals surface area contributed by atoms with E-state index in [1.807, 2.05) is 6.07 Å². The van der Waals surface area contributed by atoms with E-state index in [1.54, 1.807) is 41.3 Å². The smallest absolute Gasteiger partial charge is 0.227 e. The van der Waals surface area contributed by atoms with Crippen LogP contribution in [0.5, 0.6) is 0 Å². The Hall–Kier alpha value is -3.54. The summed E-state index contributed by atoms with van der Waals surface area (Å²) in [7, 11) is 0. The first-order valence-electron chi connectivity index (χ1n) is 9.30. The molecule has 1 unspecified atom stereocenters. The molecule has 0 aliphatic carbocycles. The maximum Gasteiger partial charge on any atom is 0.227 e. The molecule has 1 atom stereocenters. The van der Waals surface area contributed by atoms with Gasteiger partial charge in [0, 0.05) is 35.3 Å². The first-order chi connectivity index (χ1) is 14.0. The SMILES string of the molecule is N=Cc1cc(N2C(=O)CCC2c2cccc(F)c2)ccc1Nc1ccc(F)cc1. The topological polar surface area (TPSA) is 56.2 Å². The Labute approximate surface area is 167 Å². The van der Waals surface area contributed by atoms with Gasteiger partial charge in [-0.25, -0.2) is 8.78 Å². The standard InChI is InChI=1S/C23H19F2N3O/c24-17-4-6-19(7-5-17)27-21-9-8-20(13-16(21)14-26)28-22(10-11-23(28)29)15-2-1-3-18(25)12-15/h1-9,12-14,22,26-27H,10-11H2. The highest BCUT2D eigenvalue weighted by atomic mass is 19.1. The van der Waals surface area contributed by atoms with Gasteiger partial charge >= 0.3 is 0 Å². The second kappa shape index (κ2) is 7.83. The normalized spacial score (nSPS) is 16.1. The van der Waals surface area contributed by atoms with Crippen molar-refractivity contribution >= 4 is 29.2 Å². The number of rotatable bonds is 5. The van der Waals surface area contributed by atoms with Crippen LogP contribution >= 0.6 is 0 Å². The number of carbonyl (C=O) groups excluding carboxylic acids is 1. The first kappa shape index (κ1) is 18.8. The van der Waals surface area contributed by atoms with Crippen LogP contribution in [0.25, 0.3) is 0 Å². The van der Waals surface area contributed by atoms with Crippen molar-refractivity contribution in [3.8, 4) is 0 Å². The Bertz CT molecular complexity index is 1070. The van der Waals surface area contributed by atoms with Gasteiger partial charge in [0.25, 0.3) is 0 Å². The van der Waals surface area contributed by atoms with Gasteiger partial charge in [0.1, 0.15) is 11.6 Å². The number of benzene rings is 3. The summed E-state index contributed by atoms with van der Waals surface area (Å²) in [6, 6.07) is 17.3. The number of nitrogens with one attached hydrogen (secondary N) is 2. The number of hydrogen-bond donors (Lipinski definition) is 2. The molecule has 29 heavy (non-hydrogen) atoms. The molecule has 1 aliphatic rings. The van der Waals surface area contributed by atoms with E-state index in [0.29, 0.717) is 35.5 Å². The lowest BCUT2D eigenvalue weighted by Gasteiger charge is -2.26. The first-order valence-corrected chi connectivity index (χ1v) is 9.30. The second-order valence-corrected chi connectivity index (χ2v) is 6.92. The van der Waals surface area contributed by atoms with E-state index in [2.05, 4.69) is 5.32 Å². The highest BCUT2D eigenvalue weighted by Gasteiger charge is 2.33. The summed E-state index contributed by atoms with van der Waals surface area (Å²) in [6.07, 6.45) is 2.20. The largest absolute Gasteiger partial charge is 0.355 e. The van der Waals surface area contributed by atoms with Crippen LogP contribution in [0.1, 0.15) is 30.0 Å². The molecule has 146 valence electrons. The van der Waals surface area contributed by atoms with Crippen LogP contribution in [0.15, 0.2) is 66.7 Å². The molecular weight excluding hydrogens is 372 g/mol. The molecule has 6 heteroatoms. The van der Waals surface area contributed by atoms with Gasteiger partial charge in [0.05, 0.1) is 6.04 Å². The van der Waals surface area contributed by atoms with Crippen molar-refractivity contribution in [1.82, 2.24) is 0 Å². The van der Waals surface area contributed by atoms with E-state index in [-0.39, 0.29) is 23.6 Å². The maximum absolute atomic E-state index is 13.7. The summed E-state index contributed by atoms with van der Waals surface area (Å²) < 4.78 is 26.8. The molecule has 3 aromatic rings. The lowest BCUT2D eigenvalue weighted by atomic mass is 10.0. The zero-order valence-corrected chi connectivity index (χ0v) is 15.5. The van der Waals surface area contributed by atoms with E-state index >= 15 is 0 Å². The predicted molar refractivity (Wildman–Crippen MR) is 110 cm³/mol. The molecule has 2 N–H and O–H groups in total. The fraction of sp³-hybridized carbons (Fsp3) is 0.130. The number of carbonyl (C=O) groups is 1. The van der Waals surface area contributed by atoms with Crippen LogP contribution in [0.4, 0.5) is 25.8 Å². The third kappa shape index (κ3) is 3.87. The van der Waals surface area contributed by atoms with E-state index < -0.39 is 0 Å². The average molecular weight is 391 g/mol. The van der Waals surface area contributed by atoms with Crippen LogP contribution in [0.2, 0.25) is 0 Å². The molecule has 0 saturated carbocycles. The number of anilines is 3. The molecule has 0 radical (unpaired) electrons. The monoisotopic (exact) mass is 391 g/mol. The Morgan fingerprint density at radius 1 is 1.00 bits per heavy atom. The van der Waals surface area contributed by atoms with Gasteiger partial charge in [-0.2, -0.15) is 0 Å². The fourth-order valence-corrected chi connectivity index (χ4v) is 3.66. The van der Waals surface area contributed by atoms with E-state index in [0.717, 1.165) is 5.56 Å². The number of amides is 1. The summed E-state index contributed by atoms with van der Waals surface area (Å²) in [5.74, 6) is -0.690. The van der Waals surface area contributed by atoms with Crippen LogP contribution in [0, 0.1) is 17.0 Å². The average Bonchev–Trinajstić information content (AvgIpc) is 3.11. The van der Waals surface area contributed by atoms with Crippen LogP contribution in [-0.2, 0) is 4.79 Å². The molecule has 0 aromatic heterocycles. The lowest BCUT2D eigenvalue weighted by molar-refractivity contribution is -0.117. The molecule has 1 heterocycles. The van der Waals surface area contributed by atoms with Gasteiger partial charge in [0.15, 0.2) is 0 Å². The van der Waals surface area contributed by atoms with Crippen LogP contribution in [-0.4, -0.2) is 12.1 Å². The molecule has 1 aliphatic heterocycles. The summed E-state index contributed by atoms with van der Waals surface area (Å²) in [5.41, 5.74) is 3.36. The Morgan fingerprint density at radius 2 is 1.79 bits per heavy atom. The zero-order chi connectivity index (χ0) is 20.4. The minimum absolute atomic E-state index is 0.0329. The third-order valence-corrected chi connectivity index (χ3v) is 5.04. The second-order valence-electron chi connectivity index (χ2n) is 6.92. The fourth-order valence-electron chi connectivity index (χ4n) is 3.66. The van der Waals surface area contributed by atoms with Crippen molar-refractivity contribution in [2.45, 2.75) is 18.9 Å². The van der Waals surface area contributed by atoms with Gasteiger partial charge in [-0.1, -0.05) is 12.1 Å². The maximum atomic E-state index is 13.7. The number of halogens is 2. The van der Waals surface area contributed by atoms with E-state index in [1.165, 1.54) is 30.5 Å². The van der Waals surface area contributed by atoms with Gasteiger partial charge in [-0.15, -0.1) is 0 Å². The van der Waals surface area contributed by atoms with Crippen molar-refractivity contribution in [3.63, 3.8) is 0 Å². The van der Waals surface area contributed by atoms with Gasteiger partial charge < -0.3 is 15.6 Å². The van der Waals surface area contributed by atoms with Crippen LogP contribution < -0.4 is 10.2 Å². The quantitative estimate of drug-likeness (QED) is 0.558. The molecule has 3 aromatic carbocycles. The van der Waals surface area contributed by atoms with Gasteiger partial charge in [-0.05, 0) is 66.6 Å². The molecule has 4 rings (SSSR count). The zero-order valence-electron chi connectivity index (χ0n) is 15.5. The van der Waals surface area contributed by atoms with Crippen molar-refractivity contribution in [2.24, 2.45) is 0 Å². The summed E-state index contributed by atoms with van der Waals surface area (Å²) in [4.78, 5) is 14.2. The highest BCUT2D eigenvalue weighted by Crippen LogP contribution is 2.38. The van der Waals surface area contributed by atoms with Gasteiger partial charge in [0.2, 0.25) is 5.91 Å². The molecule has 1 saturated heterocycles. The van der Waals surface area contributed by atoms with E-state index in [4.69, 9.17) is 5.41 Å². The van der Waals surface area contributed by atoms with Gasteiger partial charge in [-0.3, -0.25) is 4.79 Å². The van der Waals surface area contributed by atoms with Crippen molar-refractivity contribution in [1.29, 1.82) is 5.41 Å². The number of nitrogens with zero attached hydrogens (tertiary/aromatic N) is 1. The molecular formula is C23H19F2N3O. The minimum atomic E-state index is -0.333. The minimum Gasteiger partial charge on any atom is -0.355 e. The lowest BCUT2D eigenvalue weighted by Crippen LogP contribution is -2.27. The van der Waals surface area contributed by atoms with Crippen molar-refractivity contribution in [3.05, 3.63) is 89.5 Å². The molecule has 1 amide bonds. The summed E-state index contributed by atoms with van der Waals surface area (Å²) in [6.45, 7) is 0. The van der Waals surface area contributed by atoms with E-state index in [9.17, 15) is 13.6 Å². The summed E-state index contributed by atoms with van der Waals surface area (Å²) >= 11 is 0. The number of hydrogen-bond acceptors (Lipinski definition) is 3. The third-order valence-electron chi connectivity index (χ3n) is 5.04. The Kier molecular flexibility index (Phi) is 5.08. The summed E-state index contributed by atoms with van der Waals surface area (Å²) in [5, 5.41) is 10.9. The predicted octanol–water partition coefficient (Wildman–Crippen LogP) is 5.57. The Balaban J connectivity index is 1.66. The molecule has 0 bridgehead atoms. The van der Waals surface area contributed by atoms with Crippen LogP contribution in [0.3, 0.4) is 0 Å². The highest BCUT2D eigenvalue weighted by molar-refractivity contribution is 5.98. The van der Waals surface area contributed by atoms with Crippen molar-refractivity contribution < 1.29 is 13.6 Å². The Morgan fingerprint density at radius 3 is 2.52 bits per heavy atom. The molecule has 0 spiro atoms. The molecule has 4 nitrogen and oxygen atoms in total. The van der Waals surface area contributed by atoms with Crippen molar-refractivity contribution in [2.75, 3.05) is 10.2 Å². The molecule has 1 fully saturated rings.